The summed E-state index contributed by atoms with van der Waals surface area (Å²) in [5, 5.41) is 9.95. The minimum Gasteiger partial charge on any atom is -0.396 e. The molecule has 196 valence electrons. The average molecular weight is 473 g/mol. The summed E-state index contributed by atoms with van der Waals surface area (Å²) >= 11 is 0. The van der Waals surface area contributed by atoms with Crippen LogP contribution >= 0.6 is 0 Å². The molecule has 0 aliphatic carbocycles. The number of likely N-dealkylation sites (N-methyl/N-ethyl adjacent to an activating group) is 2. The average Bonchev–Trinajstić information content (AvgIpc) is 2.82. The number of unbranched alkanes of at least 4 members (excludes halogenated alkanes) is 8. The van der Waals surface area contributed by atoms with E-state index in [0.717, 1.165) is 38.8 Å². The quantitative estimate of drug-likeness (QED) is 0.238. The molecule has 0 atom stereocenters. The lowest BCUT2D eigenvalue weighted by Gasteiger charge is -2.30. The Morgan fingerprint density at radius 2 is 1.09 bits per heavy atom. The molecule has 0 aliphatic heterocycles. The number of amides is 2. The van der Waals surface area contributed by atoms with Crippen LogP contribution in [0.15, 0.2) is 0 Å². The fourth-order valence-electron chi connectivity index (χ4n) is 3.53. The Morgan fingerprint density at radius 3 is 1.42 bits per heavy atom. The number of hydrogen-bond donors (Lipinski definition) is 1. The highest BCUT2D eigenvalue weighted by Gasteiger charge is 2.29. The molecule has 0 aromatic rings. The van der Waals surface area contributed by atoms with Crippen LogP contribution in [0.25, 0.3) is 0 Å². The van der Waals surface area contributed by atoms with Crippen molar-refractivity contribution in [2.24, 2.45) is 5.41 Å². The maximum atomic E-state index is 12.3. The molecule has 1 N–H and O–H groups in total. The van der Waals surface area contributed by atoms with E-state index in [9.17, 15) is 14.7 Å². The van der Waals surface area contributed by atoms with Gasteiger partial charge in [-0.15, -0.1) is 0 Å². The highest BCUT2D eigenvalue weighted by atomic mass is 16.5. The van der Waals surface area contributed by atoms with Crippen molar-refractivity contribution in [2.75, 3.05) is 60.2 Å². The second-order valence-electron chi connectivity index (χ2n) is 9.46. The van der Waals surface area contributed by atoms with Gasteiger partial charge in [0.15, 0.2) is 0 Å². The summed E-state index contributed by atoms with van der Waals surface area (Å²) in [4.78, 5) is 28.0. The van der Waals surface area contributed by atoms with Crippen LogP contribution in [0.5, 0.6) is 0 Å². The van der Waals surface area contributed by atoms with Crippen molar-refractivity contribution in [1.82, 2.24) is 9.80 Å². The molecule has 0 aliphatic rings. The third-order valence-corrected chi connectivity index (χ3v) is 6.40. The number of aliphatic hydroxyl groups is 1. The zero-order chi connectivity index (χ0) is 25.0. The Labute approximate surface area is 203 Å². The van der Waals surface area contributed by atoms with Crippen molar-refractivity contribution in [3.05, 3.63) is 0 Å². The van der Waals surface area contributed by atoms with Crippen molar-refractivity contribution in [1.29, 1.82) is 0 Å². The van der Waals surface area contributed by atoms with Crippen LogP contribution in [0.2, 0.25) is 0 Å². The van der Waals surface area contributed by atoms with E-state index < -0.39 is 5.41 Å². The molecule has 7 heteroatoms. The molecule has 0 aromatic carbocycles. The lowest BCUT2D eigenvalue weighted by atomic mass is 9.88. The number of rotatable bonds is 22. The van der Waals surface area contributed by atoms with Crippen molar-refractivity contribution in [2.45, 2.75) is 91.4 Å². The first kappa shape index (κ1) is 31.8. The third-order valence-electron chi connectivity index (χ3n) is 6.40. The normalized spacial score (nSPS) is 11.6. The largest absolute Gasteiger partial charge is 0.396 e. The first-order valence-corrected chi connectivity index (χ1v) is 13.1. The second kappa shape index (κ2) is 20.2. The maximum Gasteiger partial charge on any atom is 0.248 e. The van der Waals surface area contributed by atoms with Gasteiger partial charge in [0.05, 0.1) is 19.8 Å². The fraction of sp³-hybridized carbons (Fsp3) is 0.923. The van der Waals surface area contributed by atoms with Gasteiger partial charge in [-0.2, -0.15) is 0 Å². The number of nitrogens with zero attached hydrogens (tertiary/aromatic N) is 2. The van der Waals surface area contributed by atoms with E-state index in [1.165, 1.54) is 38.5 Å². The predicted molar refractivity (Wildman–Crippen MR) is 134 cm³/mol. The lowest BCUT2D eigenvalue weighted by Crippen LogP contribution is -2.39. The number of carbonyl (C=O) groups excluding carboxylic acids is 2. The Hall–Kier alpha value is -1.18. The number of aliphatic hydroxyl groups excluding tert-OH is 1. The maximum absolute atomic E-state index is 12.3. The molecule has 0 saturated carbocycles. The Bertz CT molecular complexity index is 457. The van der Waals surface area contributed by atoms with Crippen LogP contribution in [0.3, 0.4) is 0 Å². The van der Waals surface area contributed by atoms with Crippen molar-refractivity contribution >= 4 is 11.8 Å². The molecule has 0 bridgehead atoms. The van der Waals surface area contributed by atoms with Crippen LogP contribution in [0, 0.1) is 5.41 Å². The molecule has 0 saturated heterocycles. The summed E-state index contributed by atoms with van der Waals surface area (Å²) in [6.07, 6.45) is 12.2. The first-order valence-electron chi connectivity index (χ1n) is 13.1. The number of hydrogen-bond acceptors (Lipinski definition) is 5. The van der Waals surface area contributed by atoms with Crippen LogP contribution in [-0.2, 0) is 19.1 Å². The zero-order valence-corrected chi connectivity index (χ0v) is 22.2. The molecule has 0 fully saturated rings. The molecular formula is C26H52N2O5. The Morgan fingerprint density at radius 1 is 0.697 bits per heavy atom. The standard InChI is InChI=1S/C26H52N2O5/c1-6-9-11-13-15-17-27(4)24(30)19-32-22-26(8-3,21-29)23-33-20-25(31)28(5)18-16-14-12-10-7-2/h29H,6-23H2,1-5H3. The van der Waals surface area contributed by atoms with Gasteiger partial charge in [-0.1, -0.05) is 72.1 Å². The summed E-state index contributed by atoms with van der Waals surface area (Å²) < 4.78 is 11.3. The van der Waals surface area contributed by atoms with Crippen LogP contribution < -0.4 is 0 Å². The molecular weight excluding hydrogens is 420 g/mol. The fourth-order valence-corrected chi connectivity index (χ4v) is 3.53. The molecule has 0 radical (unpaired) electrons. The van der Waals surface area contributed by atoms with Gasteiger partial charge in [0, 0.05) is 32.6 Å². The van der Waals surface area contributed by atoms with Crippen LogP contribution in [0.1, 0.15) is 91.4 Å². The second-order valence-corrected chi connectivity index (χ2v) is 9.46. The first-order chi connectivity index (χ1) is 15.9. The van der Waals surface area contributed by atoms with Crippen molar-refractivity contribution in [3.8, 4) is 0 Å². The van der Waals surface area contributed by atoms with E-state index in [-0.39, 0.29) is 44.8 Å². The molecule has 0 spiro atoms. The van der Waals surface area contributed by atoms with E-state index in [0.29, 0.717) is 6.42 Å². The zero-order valence-electron chi connectivity index (χ0n) is 22.2. The van der Waals surface area contributed by atoms with Gasteiger partial charge < -0.3 is 24.4 Å². The third kappa shape index (κ3) is 15.4. The smallest absolute Gasteiger partial charge is 0.248 e. The molecule has 7 nitrogen and oxygen atoms in total. The van der Waals surface area contributed by atoms with E-state index in [1.807, 2.05) is 6.92 Å². The van der Waals surface area contributed by atoms with E-state index in [4.69, 9.17) is 9.47 Å². The van der Waals surface area contributed by atoms with Gasteiger partial charge in [0.25, 0.3) is 0 Å². The van der Waals surface area contributed by atoms with Gasteiger partial charge in [-0.05, 0) is 19.3 Å². The minimum absolute atomic E-state index is 0.00703. The molecule has 33 heavy (non-hydrogen) atoms. The van der Waals surface area contributed by atoms with Gasteiger partial charge in [0.2, 0.25) is 11.8 Å². The minimum atomic E-state index is -0.613. The molecule has 2 amide bonds. The van der Waals surface area contributed by atoms with E-state index in [1.54, 1.807) is 23.9 Å². The predicted octanol–water partition coefficient (Wildman–Crippen LogP) is 4.27. The van der Waals surface area contributed by atoms with E-state index in [2.05, 4.69) is 13.8 Å². The molecule has 0 unspecified atom stereocenters. The molecule has 0 heterocycles. The van der Waals surface area contributed by atoms with Gasteiger partial charge >= 0.3 is 0 Å². The van der Waals surface area contributed by atoms with Gasteiger partial charge in [-0.3, -0.25) is 9.59 Å². The van der Waals surface area contributed by atoms with Gasteiger partial charge in [-0.25, -0.2) is 0 Å². The van der Waals surface area contributed by atoms with Crippen LogP contribution in [-0.4, -0.2) is 86.9 Å². The molecule has 0 aromatic heterocycles. The topological polar surface area (TPSA) is 79.3 Å². The SMILES string of the molecule is CCCCCCCN(C)C(=O)COCC(CC)(CO)COCC(=O)N(C)CCCCCCC. The van der Waals surface area contributed by atoms with E-state index >= 15 is 0 Å². The number of carbonyl (C=O) groups is 2. The highest BCUT2D eigenvalue weighted by Crippen LogP contribution is 2.22. The summed E-state index contributed by atoms with van der Waals surface area (Å²) in [5.41, 5.74) is -0.613. The lowest BCUT2D eigenvalue weighted by molar-refractivity contribution is -0.140. The number of ether oxygens (including phenoxy) is 2. The van der Waals surface area contributed by atoms with Crippen molar-refractivity contribution in [3.63, 3.8) is 0 Å². The summed E-state index contributed by atoms with van der Waals surface area (Å²) in [5.74, 6) is -0.102. The highest BCUT2D eigenvalue weighted by molar-refractivity contribution is 5.77. The summed E-state index contributed by atoms with van der Waals surface area (Å²) in [6.45, 7) is 8.12. The monoisotopic (exact) mass is 472 g/mol. The summed E-state index contributed by atoms with van der Waals surface area (Å²) in [7, 11) is 3.61. The van der Waals surface area contributed by atoms with Crippen LogP contribution in [0.4, 0.5) is 0 Å². The van der Waals surface area contributed by atoms with Crippen molar-refractivity contribution < 1.29 is 24.2 Å². The summed E-state index contributed by atoms with van der Waals surface area (Å²) in [6, 6.07) is 0. The molecule has 0 rings (SSSR count). The Balaban J connectivity index is 4.24. The van der Waals surface area contributed by atoms with Gasteiger partial charge in [0.1, 0.15) is 13.2 Å². The Kier molecular flexibility index (Phi) is 19.5.